The zero-order chi connectivity index (χ0) is 20.0. The molecular weight excluding hydrogens is 366 g/mol. The van der Waals surface area contributed by atoms with Gasteiger partial charge >= 0.3 is 6.09 Å². The maximum atomic E-state index is 11.8. The zero-order valence-electron chi connectivity index (χ0n) is 15.7. The highest BCUT2D eigenvalue weighted by molar-refractivity contribution is 6.29. The number of halogens is 1. The summed E-state index contributed by atoms with van der Waals surface area (Å²) >= 11 is 5.87. The van der Waals surface area contributed by atoms with Crippen LogP contribution < -0.4 is 10.1 Å². The minimum Gasteiger partial charge on any atom is -0.444 e. The lowest BCUT2D eigenvalue weighted by atomic mass is 10.1. The molecule has 0 saturated carbocycles. The van der Waals surface area contributed by atoms with Crippen molar-refractivity contribution in [2.45, 2.75) is 45.8 Å². The molecule has 2 rings (SSSR count). The van der Waals surface area contributed by atoms with Crippen molar-refractivity contribution in [2.75, 3.05) is 0 Å². The summed E-state index contributed by atoms with van der Waals surface area (Å²) in [5.41, 5.74) is 0.883. The van der Waals surface area contributed by atoms with Gasteiger partial charge in [-0.05, 0) is 57.9 Å². The molecule has 6 nitrogen and oxygen atoms in total. The predicted octanol–water partition coefficient (Wildman–Crippen LogP) is 4.85. The van der Waals surface area contributed by atoms with Gasteiger partial charge in [0.15, 0.2) is 0 Å². The first-order valence-corrected chi connectivity index (χ1v) is 8.86. The van der Waals surface area contributed by atoms with Crippen molar-refractivity contribution in [3.8, 4) is 17.7 Å². The number of alkyl carbamates (subject to hydrolysis) is 1. The Balaban J connectivity index is 1.94. The summed E-state index contributed by atoms with van der Waals surface area (Å²) in [5, 5.41) is 12.0. The van der Waals surface area contributed by atoms with E-state index in [4.69, 9.17) is 26.3 Å². The molecule has 1 aromatic carbocycles. The third kappa shape index (κ3) is 7.16. The highest BCUT2D eigenvalue weighted by Gasteiger charge is 2.17. The number of hydrogen-bond donors (Lipinski definition) is 1. The Bertz CT molecular complexity index is 839. The van der Waals surface area contributed by atoms with E-state index in [0.29, 0.717) is 17.7 Å². The average molecular weight is 388 g/mol. The van der Waals surface area contributed by atoms with Crippen LogP contribution in [-0.2, 0) is 11.2 Å². The largest absolute Gasteiger partial charge is 0.444 e. The molecule has 1 N–H and O–H groups in total. The first kappa shape index (κ1) is 20.5. The Morgan fingerprint density at radius 3 is 2.56 bits per heavy atom. The zero-order valence-corrected chi connectivity index (χ0v) is 16.5. The van der Waals surface area contributed by atoms with Gasteiger partial charge in [0, 0.05) is 12.1 Å². The van der Waals surface area contributed by atoms with Crippen molar-refractivity contribution in [1.29, 1.82) is 5.26 Å². The molecule has 1 heterocycles. The van der Waals surface area contributed by atoms with Crippen LogP contribution in [0.4, 0.5) is 4.79 Å². The maximum absolute atomic E-state index is 11.8. The highest BCUT2D eigenvalue weighted by Crippen LogP contribution is 2.23. The average Bonchev–Trinajstić information content (AvgIpc) is 2.54. The number of rotatable bonds is 5. The van der Waals surface area contributed by atoms with Crippen LogP contribution in [0.2, 0.25) is 5.15 Å². The van der Waals surface area contributed by atoms with E-state index in [9.17, 15) is 4.79 Å². The van der Waals surface area contributed by atoms with Gasteiger partial charge in [-0.3, -0.25) is 0 Å². The number of pyridine rings is 1. The van der Waals surface area contributed by atoms with Crippen molar-refractivity contribution in [3.63, 3.8) is 0 Å². The second-order valence-electron chi connectivity index (χ2n) is 7.13. The standard InChI is InChI=1S/C20H22ClN3O3/c1-13(23-19(25)27-20(2,3)4)9-14-5-7-16(8-6-14)26-18-11-15(12-22)10-17(21)24-18/h5-8,10-11,13H,9H2,1-4H3,(H,23,25). The van der Waals surface area contributed by atoms with E-state index >= 15 is 0 Å². The molecule has 0 radical (unpaired) electrons. The number of carbonyl (C=O) groups excluding carboxylic acids is 1. The van der Waals surface area contributed by atoms with Gasteiger partial charge in [-0.2, -0.15) is 5.26 Å². The minimum absolute atomic E-state index is 0.0839. The molecule has 0 aliphatic rings. The molecule has 0 spiro atoms. The van der Waals surface area contributed by atoms with Crippen molar-refractivity contribution in [3.05, 3.63) is 52.7 Å². The SMILES string of the molecule is CC(Cc1ccc(Oc2cc(C#N)cc(Cl)n2)cc1)NC(=O)OC(C)(C)C. The molecule has 1 aromatic heterocycles. The molecule has 1 amide bonds. The molecule has 7 heteroatoms. The van der Waals surface area contributed by atoms with Gasteiger partial charge in [-0.15, -0.1) is 0 Å². The van der Waals surface area contributed by atoms with Gasteiger partial charge in [-0.25, -0.2) is 9.78 Å². The van der Waals surface area contributed by atoms with E-state index in [1.54, 1.807) is 12.1 Å². The summed E-state index contributed by atoms with van der Waals surface area (Å²) in [5.74, 6) is 0.830. The van der Waals surface area contributed by atoms with Crippen molar-refractivity contribution < 1.29 is 14.3 Å². The quantitative estimate of drug-likeness (QED) is 0.741. The Kier molecular flexibility index (Phi) is 6.65. The third-order valence-corrected chi connectivity index (χ3v) is 3.54. The van der Waals surface area contributed by atoms with E-state index in [1.165, 1.54) is 12.1 Å². The number of aromatic nitrogens is 1. The van der Waals surface area contributed by atoms with Gasteiger partial charge < -0.3 is 14.8 Å². The molecule has 1 unspecified atom stereocenters. The van der Waals surface area contributed by atoms with Crippen molar-refractivity contribution in [2.24, 2.45) is 0 Å². The van der Waals surface area contributed by atoms with Crippen LogP contribution in [0.15, 0.2) is 36.4 Å². The first-order valence-electron chi connectivity index (χ1n) is 8.48. The number of hydrogen-bond acceptors (Lipinski definition) is 5. The lowest BCUT2D eigenvalue weighted by Crippen LogP contribution is -2.38. The number of nitrogens with zero attached hydrogens (tertiary/aromatic N) is 2. The van der Waals surface area contributed by atoms with E-state index in [-0.39, 0.29) is 17.1 Å². The highest BCUT2D eigenvalue weighted by atomic mass is 35.5. The predicted molar refractivity (Wildman–Crippen MR) is 103 cm³/mol. The van der Waals surface area contributed by atoms with E-state index in [1.807, 2.05) is 45.9 Å². The second-order valence-corrected chi connectivity index (χ2v) is 7.51. The van der Waals surface area contributed by atoms with E-state index in [0.717, 1.165) is 5.56 Å². The molecule has 0 aliphatic heterocycles. The summed E-state index contributed by atoms with van der Waals surface area (Å²) in [6.07, 6.45) is 0.211. The topological polar surface area (TPSA) is 84.2 Å². The Hall–Kier alpha value is -2.78. The molecular formula is C20H22ClN3O3. The van der Waals surface area contributed by atoms with Gasteiger partial charge in [0.2, 0.25) is 5.88 Å². The number of benzene rings is 1. The Labute approximate surface area is 164 Å². The molecule has 142 valence electrons. The van der Waals surface area contributed by atoms with E-state index < -0.39 is 11.7 Å². The Morgan fingerprint density at radius 2 is 1.96 bits per heavy atom. The van der Waals surface area contributed by atoms with Crippen molar-refractivity contribution >= 4 is 17.7 Å². The molecule has 27 heavy (non-hydrogen) atoms. The smallest absolute Gasteiger partial charge is 0.407 e. The number of carbonyl (C=O) groups is 1. The van der Waals surface area contributed by atoms with Crippen LogP contribution in [0.3, 0.4) is 0 Å². The summed E-state index contributed by atoms with van der Waals surface area (Å²) < 4.78 is 10.9. The summed E-state index contributed by atoms with van der Waals surface area (Å²) in [6, 6.07) is 12.3. The second kappa shape index (κ2) is 8.74. The lowest BCUT2D eigenvalue weighted by Gasteiger charge is -2.22. The number of ether oxygens (including phenoxy) is 2. The fourth-order valence-electron chi connectivity index (χ4n) is 2.32. The van der Waals surface area contributed by atoms with Crippen LogP contribution in [0.5, 0.6) is 11.6 Å². The van der Waals surface area contributed by atoms with Crippen molar-refractivity contribution in [1.82, 2.24) is 10.3 Å². The number of nitriles is 1. The van der Waals surface area contributed by atoms with Crippen LogP contribution in [-0.4, -0.2) is 22.7 Å². The molecule has 0 aliphatic carbocycles. The monoisotopic (exact) mass is 387 g/mol. The fourth-order valence-corrected chi connectivity index (χ4v) is 2.52. The molecule has 0 bridgehead atoms. The summed E-state index contributed by atoms with van der Waals surface area (Å²) in [4.78, 5) is 15.8. The van der Waals surface area contributed by atoms with Crippen LogP contribution in [0.1, 0.15) is 38.8 Å². The molecule has 2 aromatic rings. The molecule has 1 atom stereocenters. The Morgan fingerprint density at radius 1 is 1.30 bits per heavy atom. The summed E-state index contributed by atoms with van der Waals surface area (Å²) in [7, 11) is 0. The first-order chi connectivity index (χ1) is 12.6. The maximum Gasteiger partial charge on any atom is 0.407 e. The van der Waals surface area contributed by atoms with Gasteiger partial charge in [-0.1, -0.05) is 23.7 Å². The van der Waals surface area contributed by atoms with Gasteiger partial charge in [0.25, 0.3) is 0 Å². The van der Waals surface area contributed by atoms with Crippen LogP contribution >= 0.6 is 11.6 Å². The van der Waals surface area contributed by atoms with E-state index in [2.05, 4.69) is 10.3 Å². The van der Waals surface area contributed by atoms with Crippen LogP contribution in [0.25, 0.3) is 0 Å². The third-order valence-electron chi connectivity index (χ3n) is 3.35. The number of nitrogens with one attached hydrogen (secondary N) is 1. The van der Waals surface area contributed by atoms with Gasteiger partial charge in [0.1, 0.15) is 16.5 Å². The minimum atomic E-state index is -0.525. The molecule has 0 fully saturated rings. The normalized spacial score (nSPS) is 12.0. The molecule has 0 saturated heterocycles. The van der Waals surface area contributed by atoms with Gasteiger partial charge in [0.05, 0.1) is 11.6 Å². The fraction of sp³-hybridized carbons (Fsp3) is 0.350. The lowest BCUT2D eigenvalue weighted by molar-refractivity contribution is 0.0508. The number of amides is 1. The summed E-state index contributed by atoms with van der Waals surface area (Å²) in [6.45, 7) is 7.38. The van der Waals surface area contributed by atoms with Crippen LogP contribution in [0, 0.1) is 11.3 Å².